The monoisotopic (exact) mass is 459 g/mol. The molecule has 0 radical (unpaired) electrons. The molecule has 0 heterocycles. The van der Waals surface area contributed by atoms with Crippen LogP contribution >= 0.6 is 11.8 Å². The fourth-order valence-corrected chi connectivity index (χ4v) is 4.04. The average molecular weight is 460 g/mol. The fourth-order valence-electron chi connectivity index (χ4n) is 2.99. The van der Waals surface area contributed by atoms with Gasteiger partial charge in [-0.15, -0.1) is 0 Å². The maximum Gasteiger partial charge on any atom is 0.330 e. The maximum absolute atomic E-state index is 12.9. The standard InChI is InChI=1S/C23H29N3O5S/c24-18(22(28)29)12-7-13-25-19(15-32-14-16-8-3-1-4-9-16)21(27)26-20(23(30)31)17-10-5-2-6-11-17/h1-6,8-11,18-20,25H,7,12-15,24H2,(H,26,27)(H,28,29)(H,30,31)/t18-,19-,20+/m0/s1. The Morgan fingerprint density at radius 3 is 2.16 bits per heavy atom. The van der Waals surface area contributed by atoms with Gasteiger partial charge in [-0.2, -0.15) is 11.8 Å². The number of nitrogens with two attached hydrogens (primary N) is 1. The van der Waals surface area contributed by atoms with E-state index in [1.54, 1.807) is 42.1 Å². The Morgan fingerprint density at radius 1 is 0.938 bits per heavy atom. The van der Waals surface area contributed by atoms with E-state index in [9.17, 15) is 19.5 Å². The van der Waals surface area contributed by atoms with Gasteiger partial charge in [0, 0.05) is 11.5 Å². The number of hydrogen-bond acceptors (Lipinski definition) is 6. The lowest BCUT2D eigenvalue weighted by atomic mass is 10.1. The largest absolute Gasteiger partial charge is 0.480 e. The van der Waals surface area contributed by atoms with Gasteiger partial charge in [-0.25, -0.2) is 4.79 Å². The highest BCUT2D eigenvalue weighted by atomic mass is 32.2. The van der Waals surface area contributed by atoms with Gasteiger partial charge in [-0.1, -0.05) is 60.7 Å². The molecule has 0 aliphatic rings. The van der Waals surface area contributed by atoms with E-state index < -0.39 is 36.0 Å². The summed E-state index contributed by atoms with van der Waals surface area (Å²) in [5, 5.41) is 24.2. The Labute approximate surface area is 191 Å². The van der Waals surface area contributed by atoms with Crippen molar-refractivity contribution in [2.75, 3.05) is 12.3 Å². The number of amides is 1. The van der Waals surface area contributed by atoms with Gasteiger partial charge >= 0.3 is 11.9 Å². The van der Waals surface area contributed by atoms with E-state index in [4.69, 9.17) is 10.8 Å². The van der Waals surface area contributed by atoms with Crippen LogP contribution in [0.3, 0.4) is 0 Å². The molecule has 2 rings (SSSR count). The van der Waals surface area contributed by atoms with Crippen molar-refractivity contribution >= 4 is 29.6 Å². The van der Waals surface area contributed by atoms with Crippen molar-refractivity contribution in [3.05, 3.63) is 71.8 Å². The summed E-state index contributed by atoms with van der Waals surface area (Å²) in [5.74, 6) is -1.51. The molecular weight excluding hydrogens is 430 g/mol. The number of carbonyl (C=O) groups is 3. The van der Waals surface area contributed by atoms with Crippen molar-refractivity contribution in [1.82, 2.24) is 10.6 Å². The second-order valence-electron chi connectivity index (χ2n) is 7.28. The number of carboxylic acids is 2. The summed E-state index contributed by atoms with van der Waals surface area (Å²) in [6.07, 6.45) is 0.747. The third-order valence-electron chi connectivity index (χ3n) is 4.78. The van der Waals surface area contributed by atoms with Gasteiger partial charge in [0.25, 0.3) is 0 Å². The highest BCUT2D eigenvalue weighted by molar-refractivity contribution is 7.98. The smallest absolute Gasteiger partial charge is 0.330 e. The number of thioether (sulfide) groups is 1. The van der Waals surface area contributed by atoms with Crippen LogP contribution < -0.4 is 16.4 Å². The van der Waals surface area contributed by atoms with Crippen LogP contribution in [0.15, 0.2) is 60.7 Å². The Hall–Kier alpha value is -2.88. The normalized spacial score (nSPS) is 13.7. The van der Waals surface area contributed by atoms with E-state index in [0.717, 1.165) is 5.56 Å². The van der Waals surface area contributed by atoms with Gasteiger partial charge in [-0.05, 0) is 30.5 Å². The maximum atomic E-state index is 12.9. The first-order valence-corrected chi connectivity index (χ1v) is 11.5. The molecule has 172 valence electrons. The molecule has 0 saturated carbocycles. The predicted octanol–water partition coefficient (Wildman–Crippen LogP) is 2.01. The molecule has 8 nitrogen and oxygen atoms in total. The van der Waals surface area contributed by atoms with E-state index >= 15 is 0 Å². The van der Waals surface area contributed by atoms with Gasteiger partial charge < -0.3 is 26.6 Å². The first-order valence-electron chi connectivity index (χ1n) is 10.3. The van der Waals surface area contributed by atoms with Crippen molar-refractivity contribution in [2.24, 2.45) is 5.73 Å². The van der Waals surface area contributed by atoms with Crippen molar-refractivity contribution < 1.29 is 24.6 Å². The first kappa shape index (κ1) is 25.4. The van der Waals surface area contributed by atoms with Gasteiger partial charge in [0.15, 0.2) is 6.04 Å². The van der Waals surface area contributed by atoms with Gasteiger partial charge in [0.1, 0.15) is 6.04 Å². The SMILES string of the molecule is N[C@@H](CCCN[C@@H](CSCc1ccccc1)C(=O)N[C@@H](C(=O)O)c1ccccc1)C(=O)O. The molecule has 0 bridgehead atoms. The lowest BCUT2D eigenvalue weighted by Crippen LogP contribution is -2.48. The fraction of sp³-hybridized carbons (Fsp3) is 0.348. The lowest BCUT2D eigenvalue weighted by molar-refractivity contribution is -0.142. The highest BCUT2D eigenvalue weighted by Crippen LogP contribution is 2.16. The number of benzene rings is 2. The van der Waals surface area contributed by atoms with Gasteiger partial charge in [-0.3, -0.25) is 9.59 Å². The van der Waals surface area contributed by atoms with Crippen LogP contribution in [0.5, 0.6) is 0 Å². The number of carboxylic acid groups (broad SMARTS) is 2. The highest BCUT2D eigenvalue weighted by Gasteiger charge is 2.26. The van der Waals surface area contributed by atoms with E-state index in [2.05, 4.69) is 10.6 Å². The molecule has 0 saturated heterocycles. The summed E-state index contributed by atoms with van der Waals surface area (Å²) >= 11 is 1.55. The second kappa shape index (κ2) is 13.5. The van der Waals surface area contributed by atoms with Crippen molar-refractivity contribution in [1.29, 1.82) is 0 Å². The summed E-state index contributed by atoms with van der Waals surface area (Å²) in [6.45, 7) is 0.383. The lowest BCUT2D eigenvalue weighted by Gasteiger charge is -2.22. The molecule has 6 N–H and O–H groups in total. The average Bonchev–Trinajstić information content (AvgIpc) is 2.79. The molecule has 0 unspecified atom stereocenters. The topological polar surface area (TPSA) is 142 Å². The zero-order valence-corrected chi connectivity index (χ0v) is 18.5. The number of rotatable bonds is 14. The molecule has 2 aromatic rings. The van der Waals surface area contributed by atoms with Crippen molar-refractivity contribution in [3.63, 3.8) is 0 Å². The minimum atomic E-state index is -1.16. The zero-order valence-electron chi connectivity index (χ0n) is 17.6. The Bertz CT molecular complexity index is 866. The number of carbonyl (C=O) groups excluding carboxylic acids is 1. The zero-order chi connectivity index (χ0) is 23.3. The molecule has 1 amide bonds. The minimum absolute atomic E-state index is 0.273. The van der Waals surface area contributed by atoms with Crippen LogP contribution in [0, 0.1) is 0 Å². The summed E-state index contributed by atoms with van der Waals surface area (Å²) in [7, 11) is 0. The van der Waals surface area contributed by atoms with Crippen molar-refractivity contribution in [2.45, 2.75) is 36.7 Å². The third-order valence-corrected chi connectivity index (χ3v) is 5.89. The summed E-state index contributed by atoms with van der Waals surface area (Å²) in [5.41, 5.74) is 7.13. The quantitative estimate of drug-likeness (QED) is 0.270. The molecule has 3 atom stereocenters. The molecule has 2 aromatic carbocycles. The molecule has 9 heteroatoms. The minimum Gasteiger partial charge on any atom is -0.480 e. The number of nitrogens with one attached hydrogen (secondary N) is 2. The summed E-state index contributed by atoms with van der Waals surface area (Å²) in [6, 6.07) is 15.6. The third kappa shape index (κ3) is 8.70. The van der Waals surface area contributed by atoms with Gasteiger partial charge in [0.05, 0.1) is 6.04 Å². The summed E-state index contributed by atoms with van der Waals surface area (Å²) < 4.78 is 0. The van der Waals surface area contributed by atoms with Crippen LogP contribution in [0.2, 0.25) is 0 Å². The molecule has 0 aliphatic heterocycles. The molecule has 0 aliphatic carbocycles. The van der Waals surface area contributed by atoms with Crippen LogP contribution in [0.25, 0.3) is 0 Å². The molecule has 0 spiro atoms. The molecular formula is C23H29N3O5S. The predicted molar refractivity (Wildman–Crippen MR) is 124 cm³/mol. The number of aliphatic carboxylic acids is 2. The molecule has 0 fully saturated rings. The first-order chi connectivity index (χ1) is 15.4. The number of hydrogen-bond donors (Lipinski definition) is 5. The summed E-state index contributed by atoms with van der Waals surface area (Å²) in [4.78, 5) is 35.6. The Balaban J connectivity index is 1.99. The van der Waals surface area contributed by atoms with E-state index in [-0.39, 0.29) is 6.42 Å². The molecule has 32 heavy (non-hydrogen) atoms. The Morgan fingerprint density at radius 2 is 1.56 bits per heavy atom. The van der Waals surface area contributed by atoms with Gasteiger partial charge in [0.2, 0.25) is 5.91 Å². The van der Waals surface area contributed by atoms with E-state index in [1.165, 1.54) is 0 Å². The van der Waals surface area contributed by atoms with E-state index in [1.807, 2.05) is 30.3 Å². The van der Waals surface area contributed by atoms with E-state index in [0.29, 0.717) is 30.0 Å². The Kier molecular flexibility index (Phi) is 10.7. The van der Waals surface area contributed by atoms with Crippen LogP contribution in [0.4, 0.5) is 0 Å². The molecule has 0 aromatic heterocycles. The van der Waals surface area contributed by atoms with Crippen LogP contribution in [-0.2, 0) is 20.1 Å². The van der Waals surface area contributed by atoms with Crippen LogP contribution in [0.1, 0.15) is 30.0 Å². The second-order valence-corrected chi connectivity index (χ2v) is 8.32. The van der Waals surface area contributed by atoms with Crippen LogP contribution in [-0.4, -0.2) is 52.4 Å². The van der Waals surface area contributed by atoms with Crippen molar-refractivity contribution in [3.8, 4) is 0 Å².